The average Bonchev–Trinajstić information content (AvgIpc) is 2.77. The van der Waals surface area contributed by atoms with E-state index in [1.807, 2.05) is 28.2 Å². The molecule has 1 aliphatic heterocycles. The molecule has 0 radical (unpaired) electrons. The van der Waals surface area contributed by atoms with E-state index < -0.39 is 0 Å². The minimum absolute atomic E-state index is 0.746. The van der Waals surface area contributed by atoms with Crippen LogP contribution in [0.3, 0.4) is 0 Å². The van der Waals surface area contributed by atoms with Crippen LogP contribution in [0.25, 0.3) is 0 Å². The molecular weight excluding hydrogens is 284 g/mol. The van der Waals surface area contributed by atoms with Gasteiger partial charge >= 0.3 is 0 Å². The highest BCUT2D eigenvalue weighted by Crippen LogP contribution is 2.17. The minimum Gasteiger partial charge on any atom is -0.349 e. The van der Waals surface area contributed by atoms with Gasteiger partial charge in [-0.1, -0.05) is 37.1 Å². The molecule has 4 heteroatoms. The lowest BCUT2D eigenvalue weighted by Gasteiger charge is -2.23. The van der Waals surface area contributed by atoms with Crippen LogP contribution in [0.5, 0.6) is 0 Å². The van der Waals surface area contributed by atoms with Gasteiger partial charge in [-0.25, -0.2) is 4.99 Å². The maximum Gasteiger partial charge on any atom is 0.195 e. The number of aliphatic imine (C=N–C) groups is 1. The first-order chi connectivity index (χ1) is 11.1. The normalized spacial score (nSPS) is 15.8. The van der Waals surface area contributed by atoms with E-state index >= 15 is 0 Å². The first-order valence-corrected chi connectivity index (χ1v) is 8.76. The van der Waals surface area contributed by atoms with Gasteiger partial charge in [0.1, 0.15) is 0 Å². The van der Waals surface area contributed by atoms with Crippen molar-refractivity contribution in [1.29, 1.82) is 0 Å². The van der Waals surface area contributed by atoms with Crippen molar-refractivity contribution in [3.05, 3.63) is 35.4 Å². The SMILES string of the molecule is CN(C)C(=NCc1ccccc1CN1CCCCCC1)N(C)C. The molecule has 0 aromatic heterocycles. The van der Waals surface area contributed by atoms with E-state index in [1.54, 1.807) is 0 Å². The zero-order valence-electron chi connectivity index (χ0n) is 15.3. The average molecular weight is 316 g/mol. The van der Waals surface area contributed by atoms with Crippen molar-refractivity contribution in [3.8, 4) is 0 Å². The van der Waals surface area contributed by atoms with Gasteiger partial charge in [-0.05, 0) is 37.1 Å². The minimum atomic E-state index is 0.746. The van der Waals surface area contributed by atoms with E-state index in [9.17, 15) is 0 Å². The number of guanidine groups is 1. The molecule has 2 rings (SSSR count). The van der Waals surface area contributed by atoms with Crippen LogP contribution >= 0.6 is 0 Å². The van der Waals surface area contributed by atoms with E-state index in [4.69, 9.17) is 4.99 Å². The summed E-state index contributed by atoms with van der Waals surface area (Å²) in [6.45, 7) is 4.27. The topological polar surface area (TPSA) is 22.1 Å². The first kappa shape index (κ1) is 17.8. The van der Waals surface area contributed by atoms with Gasteiger partial charge in [0.05, 0.1) is 6.54 Å². The van der Waals surface area contributed by atoms with Crippen molar-refractivity contribution in [2.75, 3.05) is 41.3 Å². The highest BCUT2D eigenvalue weighted by atomic mass is 15.3. The Morgan fingerprint density at radius 1 is 0.913 bits per heavy atom. The summed E-state index contributed by atoms with van der Waals surface area (Å²) in [4.78, 5) is 11.6. The van der Waals surface area contributed by atoms with Gasteiger partial charge in [0, 0.05) is 34.7 Å². The summed E-state index contributed by atoms with van der Waals surface area (Å²) < 4.78 is 0. The second-order valence-corrected chi connectivity index (χ2v) is 6.86. The van der Waals surface area contributed by atoms with Gasteiger partial charge in [0.2, 0.25) is 0 Å². The second-order valence-electron chi connectivity index (χ2n) is 6.86. The van der Waals surface area contributed by atoms with E-state index in [0.29, 0.717) is 0 Å². The monoisotopic (exact) mass is 316 g/mol. The van der Waals surface area contributed by atoms with E-state index in [2.05, 4.69) is 39.0 Å². The molecule has 128 valence electrons. The molecule has 0 unspecified atom stereocenters. The Bertz CT molecular complexity index is 490. The lowest BCUT2D eigenvalue weighted by molar-refractivity contribution is 0.276. The van der Waals surface area contributed by atoms with Crippen molar-refractivity contribution >= 4 is 5.96 Å². The van der Waals surface area contributed by atoms with Crippen LogP contribution in [0.15, 0.2) is 29.3 Å². The summed E-state index contributed by atoms with van der Waals surface area (Å²) in [6.07, 6.45) is 5.45. The van der Waals surface area contributed by atoms with Crippen LogP contribution in [0.2, 0.25) is 0 Å². The number of nitrogens with zero attached hydrogens (tertiary/aromatic N) is 4. The fraction of sp³-hybridized carbons (Fsp3) is 0.632. The number of rotatable bonds is 4. The molecule has 1 heterocycles. The van der Waals surface area contributed by atoms with Crippen molar-refractivity contribution < 1.29 is 0 Å². The Labute approximate surface area is 141 Å². The van der Waals surface area contributed by atoms with Gasteiger partial charge in [-0.15, -0.1) is 0 Å². The number of hydrogen-bond donors (Lipinski definition) is 0. The molecule has 0 N–H and O–H groups in total. The van der Waals surface area contributed by atoms with Crippen LogP contribution in [0.4, 0.5) is 0 Å². The third-order valence-corrected chi connectivity index (χ3v) is 4.40. The van der Waals surface area contributed by atoms with Crippen LogP contribution < -0.4 is 0 Å². The molecule has 1 saturated heterocycles. The molecule has 0 bridgehead atoms. The summed E-state index contributed by atoms with van der Waals surface area (Å²) in [6, 6.07) is 8.77. The lowest BCUT2D eigenvalue weighted by Crippen LogP contribution is -2.35. The summed E-state index contributed by atoms with van der Waals surface area (Å²) >= 11 is 0. The Morgan fingerprint density at radius 2 is 1.48 bits per heavy atom. The molecule has 1 aromatic rings. The van der Waals surface area contributed by atoms with E-state index in [1.165, 1.54) is 49.9 Å². The molecule has 23 heavy (non-hydrogen) atoms. The summed E-state index contributed by atoms with van der Waals surface area (Å²) in [5.41, 5.74) is 2.77. The van der Waals surface area contributed by atoms with Crippen molar-refractivity contribution in [3.63, 3.8) is 0 Å². The van der Waals surface area contributed by atoms with Gasteiger partial charge in [-0.3, -0.25) is 4.90 Å². The quantitative estimate of drug-likeness (QED) is 0.630. The molecule has 0 atom stereocenters. The first-order valence-electron chi connectivity index (χ1n) is 8.76. The van der Waals surface area contributed by atoms with Gasteiger partial charge in [-0.2, -0.15) is 0 Å². The fourth-order valence-corrected chi connectivity index (χ4v) is 3.24. The Kier molecular flexibility index (Phi) is 6.90. The summed E-state index contributed by atoms with van der Waals surface area (Å²) in [7, 11) is 8.17. The van der Waals surface area contributed by atoms with Gasteiger partial charge < -0.3 is 9.80 Å². The standard InChI is InChI=1S/C19H32N4/c1-21(2)19(22(3)4)20-15-17-11-7-8-12-18(17)16-23-13-9-5-6-10-14-23/h7-8,11-12H,5-6,9-10,13-16H2,1-4H3. The molecule has 0 amide bonds. The third-order valence-electron chi connectivity index (χ3n) is 4.40. The highest BCUT2D eigenvalue weighted by Gasteiger charge is 2.12. The fourth-order valence-electron chi connectivity index (χ4n) is 3.24. The molecular formula is C19H32N4. The number of benzene rings is 1. The smallest absolute Gasteiger partial charge is 0.195 e. The molecule has 4 nitrogen and oxygen atoms in total. The second kappa shape index (κ2) is 8.92. The van der Waals surface area contributed by atoms with E-state index in [0.717, 1.165) is 19.0 Å². The molecule has 1 aromatic carbocycles. The molecule has 1 fully saturated rings. The van der Waals surface area contributed by atoms with E-state index in [-0.39, 0.29) is 0 Å². The molecule has 0 spiro atoms. The zero-order valence-corrected chi connectivity index (χ0v) is 15.3. The predicted octanol–water partition coefficient (Wildman–Crippen LogP) is 3.04. The Morgan fingerprint density at radius 3 is 2.04 bits per heavy atom. The maximum absolute atomic E-state index is 4.82. The number of likely N-dealkylation sites (tertiary alicyclic amines) is 1. The molecule has 0 aliphatic carbocycles. The highest BCUT2D eigenvalue weighted by molar-refractivity contribution is 5.79. The van der Waals surface area contributed by atoms with Crippen LogP contribution in [0, 0.1) is 0 Å². The lowest BCUT2D eigenvalue weighted by atomic mass is 10.1. The van der Waals surface area contributed by atoms with Crippen molar-refractivity contribution in [2.45, 2.75) is 38.8 Å². The van der Waals surface area contributed by atoms with Crippen molar-refractivity contribution in [1.82, 2.24) is 14.7 Å². The summed E-state index contributed by atoms with van der Waals surface area (Å²) in [5, 5.41) is 0. The Hall–Kier alpha value is -1.55. The Balaban J connectivity index is 2.09. The van der Waals surface area contributed by atoms with Crippen LogP contribution in [0.1, 0.15) is 36.8 Å². The van der Waals surface area contributed by atoms with Gasteiger partial charge in [0.15, 0.2) is 5.96 Å². The maximum atomic E-state index is 4.82. The molecule has 0 saturated carbocycles. The summed E-state index contributed by atoms with van der Waals surface area (Å²) in [5.74, 6) is 1.01. The largest absolute Gasteiger partial charge is 0.349 e. The zero-order chi connectivity index (χ0) is 16.7. The van der Waals surface area contributed by atoms with Crippen molar-refractivity contribution in [2.24, 2.45) is 4.99 Å². The van der Waals surface area contributed by atoms with Crippen LogP contribution in [-0.2, 0) is 13.1 Å². The molecule has 1 aliphatic rings. The van der Waals surface area contributed by atoms with Gasteiger partial charge in [0.25, 0.3) is 0 Å². The van der Waals surface area contributed by atoms with Crippen LogP contribution in [-0.4, -0.2) is 61.9 Å². The third kappa shape index (κ3) is 5.54. The number of hydrogen-bond acceptors (Lipinski definition) is 2. The predicted molar refractivity (Wildman–Crippen MR) is 98.7 cm³/mol.